The van der Waals surface area contributed by atoms with E-state index >= 15 is 0 Å². The number of nitrogens with one attached hydrogen (secondary N) is 1. The monoisotopic (exact) mass is 323 g/mol. The topological polar surface area (TPSA) is 29.1 Å². The summed E-state index contributed by atoms with van der Waals surface area (Å²) < 4.78 is 13.0. The van der Waals surface area contributed by atoms with Crippen molar-refractivity contribution in [1.82, 2.24) is 0 Å². The molecule has 0 saturated heterocycles. The first-order valence-corrected chi connectivity index (χ1v) is 7.90. The minimum atomic E-state index is -0.498. The lowest BCUT2D eigenvalue weighted by atomic mass is 10.2. The second-order valence-corrected chi connectivity index (χ2v) is 6.28. The highest BCUT2D eigenvalue weighted by Gasteiger charge is 2.10. The van der Waals surface area contributed by atoms with Crippen molar-refractivity contribution in [2.75, 3.05) is 11.1 Å². The zero-order valence-electron chi connectivity index (χ0n) is 11.5. The Morgan fingerprint density at radius 1 is 1.29 bits per heavy atom. The van der Waals surface area contributed by atoms with E-state index in [9.17, 15) is 9.18 Å². The second-order valence-electron chi connectivity index (χ2n) is 4.54. The van der Waals surface area contributed by atoms with Crippen molar-refractivity contribution in [1.29, 1.82) is 0 Å². The maximum absolute atomic E-state index is 13.0. The number of thioether (sulfide) groups is 1. The molecule has 1 amide bonds. The molecule has 0 aliphatic rings. The summed E-state index contributed by atoms with van der Waals surface area (Å²) in [6.45, 7) is 2.06. The summed E-state index contributed by atoms with van der Waals surface area (Å²) in [6.07, 6.45) is 0. The number of benzene rings is 2. The van der Waals surface area contributed by atoms with Gasteiger partial charge in [0.1, 0.15) is 5.82 Å². The van der Waals surface area contributed by atoms with Gasteiger partial charge in [-0.1, -0.05) is 41.9 Å². The van der Waals surface area contributed by atoms with Crippen LogP contribution in [0.5, 0.6) is 0 Å². The summed E-state index contributed by atoms with van der Waals surface area (Å²) in [7, 11) is 0. The van der Waals surface area contributed by atoms with Crippen LogP contribution in [-0.4, -0.2) is 11.7 Å². The highest BCUT2D eigenvalue weighted by atomic mass is 35.5. The van der Waals surface area contributed by atoms with E-state index in [0.717, 1.165) is 0 Å². The number of rotatable bonds is 5. The lowest BCUT2D eigenvalue weighted by Gasteiger charge is -2.11. The molecular weight excluding hydrogens is 309 g/mol. The molecule has 0 aliphatic heterocycles. The molecular formula is C16H15ClFNOS. The van der Waals surface area contributed by atoms with Crippen molar-refractivity contribution >= 4 is 35.0 Å². The van der Waals surface area contributed by atoms with Gasteiger partial charge in [-0.15, -0.1) is 11.8 Å². The number of carbonyl (C=O) groups is 1. The molecule has 2 aromatic carbocycles. The smallest absolute Gasteiger partial charge is 0.234 e. The van der Waals surface area contributed by atoms with Gasteiger partial charge in [0.15, 0.2) is 0 Å². The number of anilines is 1. The quantitative estimate of drug-likeness (QED) is 0.846. The van der Waals surface area contributed by atoms with Crippen molar-refractivity contribution in [3.63, 3.8) is 0 Å². The Morgan fingerprint density at radius 3 is 2.67 bits per heavy atom. The molecule has 0 radical (unpaired) electrons. The Bertz CT molecular complexity index is 621. The van der Waals surface area contributed by atoms with Crippen LogP contribution in [0.2, 0.25) is 5.02 Å². The minimum absolute atomic E-state index is 0.00175. The van der Waals surface area contributed by atoms with Gasteiger partial charge in [-0.2, -0.15) is 0 Å². The number of hydrogen-bond acceptors (Lipinski definition) is 2. The van der Waals surface area contributed by atoms with Gasteiger partial charge in [0, 0.05) is 10.9 Å². The Morgan fingerprint density at radius 2 is 2.00 bits per heavy atom. The first-order valence-electron chi connectivity index (χ1n) is 6.47. The van der Waals surface area contributed by atoms with E-state index in [1.165, 1.54) is 23.8 Å². The summed E-state index contributed by atoms with van der Waals surface area (Å²) >= 11 is 7.22. The fourth-order valence-corrected chi connectivity index (χ4v) is 2.80. The summed E-state index contributed by atoms with van der Waals surface area (Å²) in [5.74, 6) is -0.308. The average Bonchev–Trinajstić information content (AvgIpc) is 2.49. The van der Waals surface area contributed by atoms with Crippen molar-refractivity contribution in [2.45, 2.75) is 12.2 Å². The van der Waals surface area contributed by atoms with Crippen LogP contribution in [0, 0.1) is 5.82 Å². The van der Waals surface area contributed by atoms with Crippen LogP contribution in [0.15, 0.2) is 48.5 Å². The number of halogens is 2. The molecule has 0 aliphatic carbocycles. The standard InChI is InChI=1S/C16H15ClFNOS/c1-11(12-5-3-2-4-6-12)21-10-16(20)19-13-7-8-15(18)14(17)9-13/h2-9,11H,10H2,1H3,(H,19,20)/t11-/m1/s1. The molecule has 2 nitrogen and oxygen atoms in total. The SMILES string of the molecule is C[C@@H](SCC(=O)Nc1ccc(F)c(Cl)c1)c1ccccc1. The summed E-state index contributed by atoms with van der Waals surface area (Å²) in [6, 6.07) is 14.1. The number of carbonyl (C=O) groups excluding carboxylic acids is 1. The van der Waals surface area contributed by atoms with Crippen LogP contribution < -0.4 is 5.32 Å². The highest BCUT2D eigenvalue weighted by molar-refractivity contribution is 8.00. The van der Waals surface area contributed by atoms with Crippen LogP contribution in [0.3, 0.4) is 0 Å². The Labute approximate surface area is 132 Å². The molecule has 0 saturated carbocycles. The molecule has 2 aromatic rings. The molecule has 0 heterocycles. The van der Waals surface area contributed by atoms with Gasteiger partial charge >= 0.3 is 0 Å². The van der Waals surface area contributed by atoms with Gasteiger partial charge < -0.3 is 5.32 Å². The van der Waals surface area contributed by atoms with Gasteiger partial charge in [0.2, 0.25) is 5.91 Å². The molecule has 0 bridgehead atoms. The average molecular weight is 324 g/mol. The van der Waals surface area contributed by atoms with Crippen molar-refractivity contribution in [2.24, 2.45) is 0 Å². The summed E-state index contributed by atoms with van der Waals surface area (Å²) in [5.41, 5.74) is 1.68. The summed E-state index contributed by atoms with van der Waals surface area (Å²) in [5, 5.41) is 2.93. The van der Waals surface area contributed by atoms with E-state index < -0.39 is 5.82 Å². The third kappa shape index (κ3) is 4.76. The van der Waals surface area contributed by atoms with Gasteiger partial charge in [0.05, 0.1) is 10.8 Å². The zero-order chi connectivity index (χ0) is 15.2. The molecule has 2 rings (SSSR count). The lowest BCUT2D eigenvalue weighted by molar-refractivity contribution is -0.113. The van der Waals surface area contributed by atoms with E-state index in [4.69, 9.17) is 11.6 Å². The molecule has 1 N–H and O–H groups in total. The Balaban J connectivity index is 1.86. The third-order valence-corrected chi connectivity index (χ3v) is 4.43. The lowest BCUT2D eigenvalue weighted by Crippen LogP contribution is -2.14. The van der Waals surface area contributed by atoms with E-state index in [2.05, 4.69) is 12.2 Å². The minimum Gasteiger partial charge on any atom is -0.325 e. The predicted octanol–water partition coefficient (Wildman–Crippen LogP) is 4.91. The first kappa shape index (κ1) is 15.9. The van der Waals surface area contributed by atoms with E-state index in [0.29, 0.717) is 11.4 Å². The molecule has 0 unspecified atom stereocenters. The van der Waals surface area contributed by atoms with E-state index in [1.54, 1.807) is 11.8 Å². The molecule has 1 atom stereocenters. The normalized spacial score (nSPS) is 12.0. The van der Waals surface area contributed by atoms with Crippen molar-refractivity contribution in [3.05, 3.63) is 64.9 Å². The molecule has 0 fully saturated rings. The van der Waals surface area contributed by atoms with Crippen LogP contribution >= 0.6 is 23.4 Å². The maximum atomic E-state index is 13.0. The van der Waals surface area contributed by atoms with Crippen molar-refractivity contribution < 1.29 is 9.18 Å². The van der Waals surface area contributed by atoms with Gasteiger partial charge in [-0.25, -0.2) is 4.39 Å². The maximum Gasteiger partial charge on any atom is 0.234 e. The van der Waals surface area contributed by atoms with Crippen LogP contribution in [0.4, 0.5) is 10.1 Å². The van der Waals surface area contributed by atoms with Gasteiger partial charge in [0.25, 0.3) is 0 Å². The van der Waals surface area contributed by atoms with Crippen LogP contribution in [0.25, 0.3) is 0 Å². The molecule has 0 spiro atoms. The fraction of sp³-hybridized carbons (Fsp3) is 0.188. The first-order chi connectivity index (χ1) is 10.1. The van der Waals surface area contributed by atoms with Crippen LogP contribution in [-0.2, 0) is 4.79 Å². The Kier molecular flexibility index (Phi) is 5.65. The summed E-state index contributed by atoms with van der Waals surface area (Å²) in [4.78, 5) is 11.9. The van der Waals surface area contributed by atoms with E-state index in [-0.39, 0.29) is 16.2 Å². The largest absolute Gasteiger partial charge is 0.325 e. The molecule has 110 valence electrons. The molecule has 0 aromatic heterocycles. The zero-order valence-corrected chi connectivity index (χ0v) is 13.0. The molecule has 5 heteroatoms. The number of amides is 1. The second kappa shape index (κ2) is 7.48. The van der Waals surface area contributed by atoms with E-state index in [1.807, 2.05) is 30.3 Å². The van der Waals surface area contributed by atoms with Gasteiger partial charge in [-0.05, 0) is 30.7 Å². The third-order valence-electron chi connectivity index (χ3n) is 2.94. The van der Waals surface area contributed by atoms with Crippen LogP contribution in [0.1, 0.15) is 17.7 Å². The fourth-order valence-electron chi connectivity index (χ4n) is 1.79. The highest BCUT2D eigenvalue weighted by Crippen LogP contribution is 2.28. The predicted molar refractivity (Wildman–Crippen MR) is 87.4 cm³/mol. The molecule has 21 heavy (non-hydrogen) atoms. The van der Waals surface area contributed by atoms with Crippen molar-refractivity contribution in [3.8, 4) is 0 Å². The Hall–Kier alpha value is -1.52. The number of hydrogen-bond donors (Lipinski definition) is 1. The van der Waals surface area contributed by atoms with Gasteiger partial charge in [-0.3, -0.25) is 4.79 Å².